The van der Waals surface area contributed by atoms with E-state index in [0.29, 0.717) is 37.0 Å². The lowest BCUT2D eigenvalue weighted by atomic mass is 10.3. The second kappa shape index (κ2) is 11.0. The molecule has 0 bridgehead atoms. The predicted molar refractivity (Wildman–Crippen MR) is 118 cm³/mol. The lowest BCUT2D eigenvalue weighted by Crippen LogP contribution is -2.40. The number of ether oxygens (including phenoxy) is 2. The molecular weight excluding hydrogens is 464 g/mol. The van der Waals surface area contributed by atoms with Crippen LogP contribution in [0.15, 0.2) is 58.3 Å². The van der Waals surface area contributed by atoms with Crippen LogP contribution in [0.1, 0.15) is 0 Å². The lowest BCUT2D eigenvalue weighted by Gasteiger charge is -2.26. The van der Waals surface area contributed by atoms with Gasteiger partial charge < -0.3 is 14.8 Å². The molecule has 166 valence electrons. The van der Waals surface area contributed by atoms with Gasteiger partial charge in [-0.2, -0.15) is 4.31 Å². The maximum absolute atomic E-state index is 12.6. The third-order valence-corrected chi connectivity index (χ3v) is 7.43. The number of thioether (sulfide) groups is 1. The highest BCUT2D eigenvalue weighted by molar-refractivity contribution is 8.00. The van der Waals surface area contributed by atoms with Gasteiger partial charge in [0.1, 0.15) is 0 Å². The number of esters is 1. The van der Waals surface area contributed by atoms with E-state index in [2.05, 4.69) is 5.32 Å². The van der Waals surface area contributed by atoms with E-state index < -0.39 is 28.5 Å². The van der Waals surface area contributed by atoms with E-state index in [-0.39, 0.29) is 10.6 Å². The molecule has 1 saturated heterocycles. The Morgan fingerprint density at radius 2 is 1.71 bits per heavy atom. The molecule has 2 aromatic carbocycles. The number of halogens is 1. The van der Waals surface area contributed by atoms with Crippen LogP contribution in [0.5, 0.6) is 0 Å². The number of hydrogen-bond acceptors (Lipinski definition) is 7. The zero-order valence-corrected chi connectivity index (χ0v) is 18.8. The maximum Gasteiger partial charge on any atom is 0.316 e. The van der Waals surface area contributed by atoms with Crippen molar-refractivity contribution in [2.45, 2.75) is 9.79 Å². The average Bonchev–Trinajstić information content (AvgIpc) is 2.78. The van der Waals surface area contributed by atoms with Crippen LogP contribution in [-0.2, 0) is 29.1 Å². The van der Waals surface area contributed by atoms with Gasteiger partial charge in [0.15, 0.2) is 6.61 Å². The number of anilines is 1. The molecule has 2 aromatic rings. The van der Waals surface area contributed by atoms with E-state index in [0.717, 1.165) is 4.90 Å². The number of carbonyl (C=O) groups is 2. The molecule has 0 aromatic heterocycles. The smallest absolute Gasteiger partial charge is 0.316 e. The number of morpholine rings is 1. The van der Waals surface area contributed by atoms with Crippen LogP contribution < -0.4 is 5.32 Å². The minimum absolute atomic E-state index is 0.0585. The Morgan fingerprint density at radius 1 is 1.06 bits per heavy atom. The summed E-state index contributed by atoms with van der Waals surface area (Å²) in [6.07, 6.45) is 0. The Labute approximate surface area is 189 Å². The summed E-state index contributed by atoms with van der Waals surface area (Å²) in [6.45, 7) is 0.910. The van der Waals surface area contributed by atoms with Gasteiger partial charge in [0, 0.05) is 28.7 Å². The van der Waals surface area contributed by atoms with Crippen LogP contribution >= 0.6 is 23.4 Å². The van der Waals surface area contributed by atoms with E-state index in [1.165, 1.54) is 40.3 Å². The van der Waals surface area contributed by atoms with Crippen molar-refractivity contribution in [1.29, 1.82) is 0 Å². The molecule has 0 spiro atoms. The molecule has 0 unspecified atom stereocenters. The molecule has 0 radical (unpaired) electrons. The Morgan fingerprint density at radius 3 is 2.35 bits per heavy atom. The van der Waals surface area contributed by atoms with Gasteiger partial charge in [0.25, 0.3) is 5.91 Å². The van der Waals surface area contributed by atoms with Crippen molar-refractivity contribution >= 4 is 50.9 Å². The fourth-order valence-electron chi connectivity index (χ4n) is 2.70. The number of rotatable bonds is 8. The molecule has 8 nitrogen and oxygen atoms in total. The molecule has 1 heterocycles. The summed E-state index contributed by atoms with van der Waals surface area (Å²) in [5.41, 5.74) is 0.400. The van der Waals surface area contributed by atoms with Crippen molar-refractivity contribution < 1.29 is 27.5 Å². The van der Waals surface area contributed by atoms with Crippen molar-refractivity contribution in [3.8, 4) is 0 Å². The largest absolute Gasteiger partial charge is 0.455 e. The van der Waals surface area contributed by atoms with Crippen LogP contribution in [0, 0.1) is 0 Å². The van der Waals surface area contributed by atoms with E-state index in [1.807, 2.05) is 0 Å². The first-order valence-electron chi connectivity index (χ1n) is 9.36. The number of hydrogen-bond donors (Lipinski definition) is 1. The molecule has 1 aliphatic heterocycles. The molecule has 1 N–H and O–H groups in total. The van der Waals surface area contributed by atoms with Gasteiger partial charge in [-0.15, -0.1) is 11.8 Å². The highest BCUT2D eigenvalue weighted by Crippen LogP contribution is 2.21. The summed E-state index contributed by atoms with van der Waals surface area (Å²) in [5, 5.41) is 3.18. The Bertz CT molecular complexity index is 1010. The molecule has 1 aliphatic rings. The van der Waals surface area contributed by atoms with Gasteiger partial charge in [0.2, 0.25) is 10.0 Å². The summed E-state index contributed by atoms with van der Waals surface area (Å²) >= 11 is 7.08. The first-order valence-corrected chi connectivity index (χ1v) is 12.2. The van der Waals surface area contributed by atoms with Crippen LogP contribution in [0.2, 0.25) is 5.02 Å². The van der Waals surface area contributed by atoms with Crippen LogP contribution in [0.3, 0.4) is 0 Å². The number of nitrogens with one attached hydrogen (secondary N) is 1. The van der Waals surface area contributed by atoms with E-state index in [1.54, 1.807) is 24.3 Å². The molecule has 31 heavy (non-hydrogen) atoms. The zero-order chi connectivity index (χ0) is 22.3. The molecule has 11 heteroatoms. The molecule has 1 amide bonds. The van der Waals surface area contributed by atoms with Gasteiger partial charge in [-0.25, -0.2) is 8.42 Å². The summed E-state index contributed by atoms with van der Waals surface area (Å²) in [6, 6.07) is 12.9. The molecular formula is C20H21ClN2O6S2. The number of nitrogens with zero attached hydrogens (tertiary/aromatic N) is 1. The minimum atomic E-state index is -3.60. The zero-order valence-electron chi connectivity index (χ0n) is 16.5. The first kappa shape index (κ1) is 23.6. The lowest BCUT2D eigenvalue weighted by molar-refractivity contribution is -0.144. The van der Waals surface area contributed by atoms with E-state index >= 15 is 0 Å². The van der Waals surface area contributed by atoms with Crippen molar-refractivity contribution in [2.75, 3.05) is 44.0 Å². The summed E-state index contributed by atoms with van der Waals surface area (Å²) in [7, 11) is -3.60. The van der Waals surface area contributed by atoms with Gasteiger partial charge in [0.05, 0.1) is 23.9 Å². The molecule has 0 aliphatic carbocycles. The van der Waals surface area contributed by atoms with Gasteiger partial charge >= 0.3 is 5.97 Å². The summed E-state index contributed by atoms with van der Waals surface area (Å²) in [5.74, 6) is -0.987. The Kier molecular flexibility index (Phi) is 8.33. The second-order valence-electron chi connectivity index (χ2n) is 6.49. The average molecular weight is 485 g/mol. The highest BCUT2D eigenvalue weighted by atomic mass is 35.5. The van der Waals surface area contributed by atoms with E-state index in [9.17, 15) is 18.0 Å². The second-order valence-corrected chi connectivity index (χ2v) is 9.92. The fraction of sp³-hybridized carbons (Fsp3) is 0.300. The van der Waals surface area contributed by atoms with Crippen LogP contribution in [0.4, 0.5) is 5.69 Å². The highest BCUT2D eigenvalue weighted by Gasteiger charge is 2.26. The number of sulfonamides is 1. The van der Waals surface area contributed by atoms with Crippen molar-refractivity contribution in [2.24, 2.45) is 0 Å². The van der Waals surface area contributed by atoms with Crippen LogP contribution in [-0.4, -0.2) is 63.3 Å². The van der Waals surface area contributed by atoms with E-state index in [4.69, 9.17) is 21.1 Å². The summed E-state index contributed by atoms with van der Waals surface area (Å²) in [4.78, 5) is 24.8. The van der Waals surface area contributed by atoms with Crippen molar-refractivity contribution in [3.05, 3.63) is 53.6 Å². The number of amides is 1. The fourth-order valence-corrected chi connectivity index (χ4v) is 4.93. The quantitative estimate of drug-likeness (QED) is 0.454. The number of benzene rings is 2. The molecule has 0 saturated carbocycles. The predicted octanol–water partition coefficient (Wildman–Crippen LogP) is 2.63. The topological polar surface area (TPSA) is 102 Å². The molecule has 3 rings (SSSR count). The molecule has 1 fully saturated rings. The molecule has 0 atom stereocenters. The Hall–Kier alpha value is -2.11. The third kappa shape index (κ3) is 6.94. The summed E-state index contributed by atoms with van der Waals surface area (Å²) < 4.78 is 36.7. The van der Waals surface area contributed by atoms with Gasteiger partial charge in [-0.05, 0) is 48.5 Å². The normalized spacial score (nSPS) is 14.7. The van der Waals surface area contributed by atoms with Gasteiger partial charge in [-0.1, -0.05) is 11.6 Å². The standard InChI is InChI=1S/C20H21ClN2O6S2/c21-15-1-5-17(6-2-15)30-14-20(25)29-13-19(24)22-16-3-7-18(8-4-16)31(26,27)23-9-11-28-12-10-23/h1-8H,9-14H2,(H,22,24). The van der Waals surface area contributed by atoms with Crippen molar-refractivity contribution in [1.82, 2.24) is 4.31 Å². The third-order valence-electron chi connectivity index (χ3n) is 4.28. The van der Waals surface area contributed by atoms with Gasteiger partial charge in [-0.3, -0.25) is 9.59 Å². The van der Waals surface area contributed by atoms with Crippen molar-refractivity contribution in [3.63, 3.8) is 0 Å². The SMILES string of the molecule is O=C(COC(=O)CSc1ccc(Cl)cc1)Nc1ccc(S(=O)(=O)N2CCOCC2)cc1. The first-order chi connectivity index (χ1) is 14.8. The minimum Gasteiger partial charge on any atom is -0.455 e. The Balaban J connectivity index is 1.44. The number of carbonyl (C=O) groups excluding carboxylic acids is 2. The van der Waals surface area contributed by atoms with Crippen LogP contribution in [0.25, 0.3) is 0 Å². The monoisotopic (exact) mass is 484 g/mol. The maximum atomic E-state index is 12.6.